The van der Waals surface area contributed by atoms with E-state index in [1.807, 2.05) is 0 Å². The first-order chi connectivity index (χ1) is 33.7. The van der Waals surface area contributed by atoms with E-state index in [-0.39, 0.29) is 0 Å². The molecular weight excluding hydrogens is 821 g/mol. The number of nitrogens with zero attached hydrogens (tertiary/aromatic N) is 2. The van der Waals surface area contributed by atoms with Gasteiger partial charge in [0, 0.05) is 32.9 Å². The normalized spacial score (nSPS) is 11.8. The van der Waals surface area contributed by atoms with Crippen LogP contribution in [-0.2, 0) is 0 Å². The van der Waals surface area contributed by atoms with E-state index in [1.54, 1.807) is 0 Å². The van der Waals surface area contributed by atoms with Crippen molar-refractivity contribution >= 4 is 75.9 Å². The maximum atomic E-state index is 2.45. The first kappa shape index (κ1) is 38.3. The minimum absolute atomic E-state index is 1.13. The number of benzene rings is 12. The number of para-hydroxylation sites is 2. The van der Waals surface area contributed by atoms with Crippen LogP contribution >= 0.6 is 0 Å². The minimum Gasteiger partial charge on any atom is -0.309 e. The highest BCUT2D eigenvalue weighted by Gasteiger charge is 2.20. The van der Waals surface area contributed by atoms with Crippen LogP contribution in [0.4, 0.5) is 0 Å². The predicted octanol–water partition coefficient (Wildman–Crippen LogP) is 18.0. The number of fused-ring (bicyclic) bond motifs is 9. The second-order valence-corrected chi connectivity index (χ2v) is 18.0. The highest BCUT2D eigenvalue weighted by atomic mass is 15.0. The van der Waals surface area contributed by atoms with E-state index >= 15 is 0 Å². The van der Waals surface area contributed by atoms with Crippen LogP contribution in [0.15, 0.2) is 255 Å². The third kappa shape index (κ3) is 5.98. The SMILES string of the molecule is c1ccc(-c2c3ccccc3c(-c3ccc(-n4c5ccc(-c6ccc7ccccc7c6)cc5c5cc(-c6ccc7c(c6)c6ccccc6n7-c6ccccc6)ccc54)cc3)c3ccccc23)cc1. The fourth-order valence-electron chi connectivity index (χ4n) is 11.2. The van der Waals surface area contributed by atoms with Gasteiger partial charge in [0.05, 0.1) is 22.1 Å². The molecule has 2 aromatic heterocycles. The maximum Gasteiger partial charge on any atom is 0.0541 e. The summed E-state index contributed by atoms with van der Waals surface area (Å²) < 4.78 is 4.84. The molecule has 0 amide bonds. The fraction of sp³-hybridized carbons (Fsp3) is 0. The van der Waals surface area contributed by atoms with Gasteiger partial charge in [0.2, 0.25) is 0 Å². The number of aromatic nitrogens is 2. The monoisotopic (exact) mass is 862 g/mol. The van der Waals surface area contributed by atoms with E-state index in [0.717, 1.165) is 5.69 Å². The second-order valence-electron chi connectivity index (χ2n) is 18.0. The van der Waals surface area contributed by atoms with Crippen molar-refractivity contribution in [3.63, 3.8) is 0 Å². The van der Waals surface area contributed by atoms with Gasteiger partial charge in [0.15, 0.2) is 0 Å². The molecule has 0 saturated heterocycles. The smallest absolute Gasteiger partial charge is 0.0541 e. The van der Waals surface area contributed by atoms with Crippen molar-refractivity contribution in [2.75, 3.05) is 0 Å². The molecule has 0 atom stereocenters. The zero-order chi connectivity index (χ0) is 44.7. The summed E-state index contributed by atoms with van der Waals surface area (Å²) in [5.41, 5.74) is 16.9. The van der Waals surface area contributed by atoms with Crippen molar-refractivity contribution in [2.45, 2.75) is 0 Å². The average Bonchev–Trinajstić information content (AvgIpc) is 3.92. The lowest BCUT2D eigenvalue weighted by Crippen LogP contribution is -1.95. The summed E-state index contributed by atoms with van der Waals surface area (Å²) in [4.78, 5) is 0. The van der Waals surface area contributed by atoms with Crippen molar-refractivity contribution in [1.82, 2.24) is 9.13 Å². The van der Waals surface area contributed by atoms with Gasteiger partial charge in [-0.15, -0.1) is 0 Å². The summed E-state index contributed by atoms with van der Waals surface area (Å²) in [6.45, 7) is 0. The van der Waals surface area contributed by atoms with Crippen LogP contribution in [0.2, 0.25) is 0 Å². The Labute approximate surface area is 393 Å². The molecular formula is C66H42N2. The molecule has 2 heteroatoms. The van der Waals surface area contributed by atoms with Gasteiger partial charge in [-0.1, -0.05) is 182 Å². The molecule has 316 valence electrons. The molecule has 2 nitrogen and oxygen atoms in total. The largest absolute Gasteiger partial charge is 0.309 e. The van der Waals surface area contributed by atoms with Gasteiger partial charge in [-0.05, 0) is 150 Å². The highest BCUT2D eigenvalue weighted by molar-refractivity contribution is 6.21. The van der Waals surface area contributed by atoms with Crippen LogP contribution in [0.3, 0.4) is 0 Å². The third-order valence-corrected chi connectivity index (χ3v) is 14.3. The van der Waals surface area contributed by atoms with E-state index in [4.69, 9.17) is 0 Å². The van der Waals surface area contributed by atoms with Crippen LogP contribution in [0.5, 0.6) is 0 Å². The van der Waals surface area contributed by atoms with Gasteiger partial charge in [-0.3, -0.25) is 0 Å². The number of hydrogen-bond acceptors (Lipinski definition) is 0. The first-order valence-electron chi connectivity index (χ1n) is 23.5. The Kier molecular flexibility index (Phi) is 8.62. The average molecular weight is 863 g/mol. The van der Waals surface area contributed by atoms with Gasteiger partial charge in [-0.25, -0.2) is 0 Å². The summed E-state index contributed by atoms with van der Waals surface area (Å²) >= 11 is 0. The Bertz CT molecular complexity index is 4230. The Hall–Kier alpha value is -8.98. The zero-order valence-electron chi connectivity index (χ0n) is 37.1. The molecule has 0 radical (unpaired) electrons. The lowest BCUT2D eigenvalue weighted by atomic mass is 9.86. The summed E-state index contributed by atoms with van der Waals surface area (Å²) in [5, 5.41) is 12.5. The molecule has 14 rings (SSSR count). The molecule has 2 heterocycles. The van der Waals surface area contributed by atoms with Crippen molar-refractivity contribution < 1.29 is 0 Å². The molecule has 68 heavy (non-hydrogen) atoms. The van der Waals surface area contributed by atoms with E-state index in [1.165, 1.54) is 126 Å². The Morgan fingerprint density at radius 1 is 0.191 bits per heavy atom. The van der Waals surface area contributed by atoms with Crippen LogP contribution in [-0.4, -0.2) is 9.13 Å². The topological polar surface area (TPSA) is 9.86 Å². The molecule has 0 aliphatic carbocycles. The molecule has 0 aliphatic heterocycles. The Morgan fingerprint density at radius 3 is 1.09 bits per heavy atom. The molecule has 0 spiro atoms. The van der Waals surface area contributed by atoms with E-state index < -0.39 is 0 Å². The Balaban J connectivity index is 0.949. The first-order valence-corrected chi connectivity index (χ1v) is 23.5. The zero-order valence-corrected chi connectivity index (χ0v) is 37.1. The minimum atomic E-state index is 1.13. The van der Waals surface area contributed by atoms with Crippen molar-refractivity contribution in [1.29, 1.82) is 0 Å². The summed E-state index contributed by atoms with van der Waals surface area (Å²) in [7, 11) is 0. The lowest BCUT2D eigenvalue weighted by Gasteiger charge is -2.18. The van der Waals surface area contributed by atoms with Crippen molar-refractivity contribution in [3.8, 4) is 55.9 Å². The molecule has 0 saturated carbocycles. The number of hydrogen-bond donors (Lipinski definition) is 0. The van der Waals surface area contributed by atoms with Crippen LogP contribution in [0.1, 0.15) is 0 Å². The third-order valence-electron chi connectivity index (χ3n) is 14.3. The van der Waals surface area contributed by atoms with Crippen LogP contribution < -0.4 is 0 Å². The molecule has 12 aromatic carbocycles. The van der Waals surface area contributed by atoms with Crippen LogP contribution in [0, 0.1) is 0 Å². The van der Waals surface area contributed by atoms with Gasteiger partial charge >= 0.3 is 0 Å². The molecule has 0 unspecified atom stereocenters. The highest BCUT2D eigenvalue weighted by Crippen LogP contribution is 2.45. The van der Waals surface area contributed by atoms with E-state index in [0.29, 0.717) is 0 Å². The van der Waals surface area contributed by atoms with E-state index in [2.05, 4.69) is 264 Å². The quantitative estimate of drug-likeness (QED) is 0.147. The van der Waals surface area contributed by atoms with Crippen molar-refractivity contribution in [3.05, 3.63) is 255 Å². The molecule has 0 N–H and O–H groups in total. The Morgan fingerprint density at radius 2 is 0.544 bits per heavy atom. The maximum absolute atomic E-state index is 2.45. The lowest BCUT2D eigenvalue weighted by molar-refractivity contribution is 1.18. The fourth-order valence-corrected chi connectivity index (χ4v) is 11.2. The van der Waals surface area contributed by atoms with Crippen molar-refractivity contribution in [2.24, 2.45) is 0 Å². The summed E-state index contributed by atoms with van der Waals surface area (Å²) in [6.07, 6.45) is 0. The van der Waals surface area contributed by atoms with Crippen LogP contribution in [0.25, 0.3) is 132 Å². The molecule has 0 fully saturated rings. The summed E-state index contributed by atoms with van der Waals surface area (Å²) in [5.74, 6) is 0. The second kappa shape index (κ2) is 15.3. The molecule has 0 bridgehead atoms. The molecule has 14 aromatic rings. The van der Waals surface area contributed by atoms with Gasteiger partial charge in [-0.2, -0.15) is 0 Å². The van der Waals surface area contributed by atoms with Gasteiger partial charge in [0.1, 0.15) is 0 Å². The van der Waals surface area contributed by atoms with Gasteiger partial charge in [0.25, 0.3) is 0 Å². The van der Waals surface area contributed by atoms with Gasteiger partial charge < -0.3 is 9.13 Å². The predicted molar refractivity (Wildman–Crippen MR) is 289 cm³/mol. The molecule has 0 aliphatic rings. The summed E-state index contributed by atoms with van der Waals surface area (Å²) in [6, 6.07) is 93.8. The number of rotatable bonds is 6. The standard InChI is InChI=1S/C66H42N2/c1-3-16-44(17-4-1)65-54-22-9-11-24-56(54)66(57-25-12-10-23-55(57)65)45-29-34-52(35-30-45)68-63-37-31-48(47-28-27-43-15-7-8-18-46(43)39-47)41-59(63)60-42-50(33-38-64(60)68)49-32-36-62-58(40-49)53-21-13-14-26-61(53)67(62)51-19-5-2-6-20-51/h1-42H. The van der Waals surface area contributed by atoms with E-state index in [9.17, 15) is 0 Å².